The lowest BCUT2D eigenvalue weighted by molar-refractivity contribution is -0.137. The molecule has 1 fully saturated rings. The lowest BCUT2D eigenvalue weighted by atomic mass is 10.1. The summed E-state index contributed by atoms with van der Waals surface area (Å²) >= 11 is 1.26. The van der Waals surface area contributed by atoms with Crippen LogP contribution in [0.2, 0.25) is 0 Å². The van der Waals surface area contributed by atoms with E-state index in [1.54, 1.807) is 17.5 Å². The van der Waals surface area contributed by atoms with Crippen molar-refractivity contribution in [2.45, 2.75) is 25.6 Å². The number of hydrogen-bond donors (Lipinski definition) is 0. The molecule has 156 valence electrons. The molecule has 0 aliphatic carbocycles. The molecule has 0 spiro atoms. The highest BCUT2D eigenvalue weighted by Crippen LogP contribution is 2.31. The number of rotatable bonds is 5. The number of carbonyl (C=O) groups is 1. The van der Waals surface area contributed by atoms with Crippen LogP contribution in [0.25, 0.3) is 10.6 Å². The van der Waals surface area contributed by atoms with Crippen LogP contribution in [0.5, 0.6) is 0 Å². The number of aromatic nitrogens is 3. The molecule has 6 nitrogen and oxygen atoms in total. The Kier molecular flexibility index (Phi) is 5.67. The number of halogens is 3. The van der Waals surface area contributed by atoms with E-state index in [-0.39, 0.29) is 12.3 Å². The summed E-state index contributed by atoms with van der Waals surface area (Å²) in [5.41, 5.74) is 0.462. The van der Waals surface area contributed by atoms with E-state index < -0.39 is 17.7 Å². The van der Waals surface area contributed by atoms with E-state index in [1.807, 2.05) is 0 Å². The van der Waals surface area contributed by atoms with Crippen LogP contribution < -0.4 is 4.90 Å². The van der Waals surface area contributed by atoms with E-state index in [4.69, 9.17) is 4.74 Å². The van der Waals surface area contributed by atoms with Gasteiger partial charge < -0.3 is 9.64 Å². The van der Waals surface area contributed by atoms with Crippen molar-refractivity contribution in [2.24, 2.45) is 0 Å². The first-order chi connectivity index (χ1) is 14.4. The van der Waals surface area contributed by atoms with Crippen molar-refractivity contribution < 1.29 is 22.7 Å². The Labute approximate surface area is 174 Å². The van der Waals surface area contributed by atoms with E-state index in [0.717, 1.165) is 43.9 Å². The van der Waals surface area contributed by atoms with E-state index in [2.05, 4.69) is 20.1 Å². The Morgan fingerprint density at radius 2 is 1.80 bits per heavy atom. The molecule has 0 N–H and O–H groups in total. The van der Waals surface area contributed by atoms with Crippen molar-refractivity contribution in [3.05, 3.63) is 58.7 Å². The van der Waals surface area contributed by atoms with Crippen molar-refractivity contribution in [2.75, 3.05) is 18.0 Å². The van der Waals surface area contributed by atoms with Crippen LogP contribution >= 0.6 is 11.3 Å². The fourth-order valence-corrected chi connectivity index (χ4v) is 3.88. The van der Waals surface area contributed by atoms with Crippen molar-refractivity contribution >= 4 is 23.1 Å². The molecule has 0 amide bonds. The highest BCUT2D eigenvalue weighted by Gasteiger charge is 2.30. The maximum absolute atomic E-state index is 12.7. The Morgan fingerprint density at radius 3 is 2.43 bits per heavy atom. The van der Waals surface area contributed by atoms with Crippen LogP contribution in [-0.2, 0) is 17.5 Å². The molecule has 10 heteroatoms. The number of thiazole rings is 1. The lowest BCUT2D eigenvalue weighted by Gasteiger charge is -2.14. The summed E-state index contributed by atoms with van der Waals surface area (Å²) in [6.45, 7) is 1.80. The van der Waals surface area contributed by atoms with Gasteiger partial charge in [0.05, 0.1) is 11.3 Å². The molecule has 30 heavy (non-hydrogen) atoms. The zero-order valence-corrected chi connectivity index (χ0v) is 16.5. The van der Waals surface area contributed by atoms with Gasteiger partial charge in [-0.3, -0.25) is 0 Å². The van der Waals surface area contributed by atoms with Crippen molar-refractivity contribution in [3.8, 4) is 10.6 Å². The standard InChI is InChI=1S/C20H17F3N4O2S/c21-20(22,23)14-5-3-13(4-6-14)18-24-15(12-30-18)11-29-19(28)16-7-8-17(26-25-16)27-9-1-2-10-27/h3-8,12H,1-2,9-11H2. The van der Waals surface area contributed by atoms with Gasteiger partial charge >= 0.3 is 12.1 Å². The fraction of sp³-hybridized carbons (Fsp3) is 0.300. The predicted molar refractivity (Wildman–Crippen MR) is 105 cm³/mol. The molecular weight excluding hydrogens is 417 g/mol. The van der Waals surface area contributed by atoms with Crippen molar-refractivity contribution in [1.29, 1.82) is 0 Å². The van der Waals surface area contributed by atoms with Crippen LogP contribution in [0.4, 0.5) is 19.0 Å². The summed E-state index contributed by atoms with van der Waals surface area (Å²) in [6.07, 6.45) is -2.14. The Hall–Kier alpha value is -3.01. The second-order valence-electron chi connectivity index (χ2n) is 6.77. The van der Waals surface area contributed by atoms with Gasteiger partial charge in [0.1, 0.15) is 11.6 Å². The van der Waals surface area contributed by atoms with E-state index in [9.17, 15) is 18.0 Å². The molecule has 0 unspecified atom stereocenters. The van der Waals surface area contributed by atoms with Gasteiger partial charge in [0.2, 0.25) is 0 Å². The van der Waals surface area contributed by atoms with Crippen LogP contribution in [0, 0.1) is 0 Å². The van der Waals surface area contributed by atoms with Crippen LogP contribution in [-0.4, -0.2) is 34.2 Å². The van der Waals surface area contributed by atoms with Gasteiger partial charge in [-0.05, 0) is 37.1 Å². The van der Waals surface area contributed by atoms with Crippen LogP contribution in [0.1, 0.15) is 34.6 Å². The third-order valence-corrected chi connectivity index (χ3v) is 5.59. The Morgan fingerprint density at radius 1 is 1.07 bits per heavy atom. The van der Waals surface area contributed by atoms with E-state index >= 15 is 0 Å². The van der Waals surface area contributed by atoms with Gasteiger partial charge in [0.15, 0.2) is 11.5 Å². The first-order valence-electron chi connectivity index (χ1n) is 9.28. The normalized spacial score (nSPS) is 14.2. The molecule has 2 aromatic heterocycles. The molecule has 1 saturated heterocycles. The monoisotopic (exact) mass is 434 g/mol. The second kappa shape index (κ2) is 8.39. The molecule has 3 heterocycles. The van der Waals surface area contributed by atoms with E-state index in [0.29, 0.717) is 16.3 Å². The zero-order valence-electron chi connectivity index (χ0n) is 15.7. The Balaban J connectivity index is 1.35. The van der Waals surface area contributed by atoms with Gasteiger partial charge in [0, 0.05) is 24.0 Å². The summed E-state index contributed by atoms with van der Waals surface area (Å²) in [5.74, 6) is 0.129. The average Bonchev–Trinajstić information content (AvgIpc) is 3.44. The maximum Gasteiger partial charge on any atom is 0.416 e. The molecule has 0 saturated carbocycles. The van der Waals surface area contributed by atoms with Gasteiger partial charge in [0.25, 0.3) is 0 Å². The lowest BCUT2D eigenvalue weighted by Crippen LogP contribution is -2.20. The smallest absolute Gasteiger partial charge is 0.416 e. The number of alkyl halides is 3. The molecule has 1 aromatic carbocycles. The minimum atomic E-state index is -4.38. The maximum atomic E-state index is 12.7. The molecule has 4 rings (SSSR count). The van der Waals surface area contributed by atoms with E-state index in [1.165, 1.54) is 23.5 Å². The highest BCUT2D eigenvalue weighted by atomic mass is 32.1. The summed E-state index contributed by atoms with van der Waals surface area (Å²) in [5, 5.41) is 10.3. The van der Waals surface area contributed by atoms with Crippen molar-refractivity contribution in [3.63, 3.8) is 0 Å². The van der Waals surface area contributed by atoms with Crippen LogP contribution in [0.15, 0.2) is 41.8 Å². The largest absolute Gasteiger partial charge is 0.454 e. The molecule has 1 aliphatic rings. The number of esters is 1. The average molecular weight is 434 g/mol. The summed E-state index contributed by atoms with van der Waals surface area (Å²) in [4.78, 5) is 18.6. The molecule has 0 bridgehead atoms. The van der Waals surface area contributed by atoms with Crippen LogP contribution in [0.3, 0.4) is 0 Å². The second-order valence-corrected chi connectivity index (χ2v) is 7.62. The first kappa shape index (κ1) is 20.3. The van der Waals surface area contributed by atoms with Gasteiger partial charge in [-0.25, -0.2) is 9.78 Å². The molecular formula is C20H17F3N4O2S. The summed E-state index contributed by atoms with van der Waals surface area (Å²) in [7, 11) is 0. The molecule has 3 aromatic rings. The summed E-state index contributed by atoms with van der Waals surface area (Å²) in [6, 6.07) is 8.10. The predicted octanol–water partition coefficient (Wildman–Crippen LogP) is 4.58. The number of hydrogen-bond acceptors (Lipinski definition) is 7. The number of benzene rings is 1. The number of nitrogens with zero attached hydrogens (tertiary/aromatic N) is 4. The Bertz CT molecular complexity index is 1010. The first-order valence-corrected chi connectivity index (χ1v) is 10.2. The third-order valence-electron chi connectivity index (χ3n) is 4.65. The fourth-order valence-electron chi connectivity index (χ4n) is 3.07. The topological polar surface area (TPSA) is 68.2 Å². The minimum absolute atomic E-state index is 0.0640. The molecule has 0 radical (unpaired) electrons. The summed E-state index contributed by atoms with van der Waals surface area (Å²) < 4.78 is 43.2. The third kappa shape index (κ3) is 4.59. The number of anilines is 1. The molecule has 1 aliphatic heterocycles. The number of carbonyl (C=O) groups excluding carboxylic acids is 1. The van der Waals surface area contributed by atoms with Crippen molar-refractivity contribution in [1.82, 2.24) is 15.2 Å². The molecule has 0 atom stereocenters. The van der Waals surface area contributed by atoms with Gasteiger partial charge in [-0.1, -0.05) is 12.1 Å². The number of ether oxygens (including phenoxy) is 1. The highest BCUT2D eigenvalue weighted by molar-refractivity contribution is 7.13. The minimum Gasteiger partial charge on any atom is -0.454 e. The van der Waals surface area contributed by atoms with Gasteiger partial charge in [-0.15, -0.1) is 21.5 Å². The zero-order chi connectivity index (χ0) is 21.1. The van der Waals surface area contributed by atoms with Gasteiger partial charge in [-0.2, -0.15) is 13.2 Å². The SMILES string of the molecule is O=C(OCc1csc(-c2ccc(C(F)(F)F)cc2)n1)c1ccc(N2CCCC2)nn1. The quantitative estimate of drug-likeness (QED) is 0.548.